The number of hydrogen-bond acceptors (Lipinski definition) is 2. The number of halogens is 2. The Bertz CT molecular complexity index is 417. The Hall–Kier alpha value is -0.770. The van der Waals surface area contributed by atoms with Crippen LogP contribution in [0.2, 0.25) is 5.02 Å². The summed E-state index contributed by atoms with van der Waals surface area (Å²) in [6, 6.07) is 5.51. The van der Waals surface area contributed by atoms with Gasteiger partial charge in [0.25, 0.3) is 0 Å². The summed E-state index contributed by atoms with van der Waals surface area (Å²) in [7, 11) is 0. The zero-order chi connectivity index (χ0) is 12.3. The number of piperidine rings is 1. The molecule has 1 amide bonds. The lowest BCUT2D eigenvalue weighted by atomic mass is 10.0. The summed E-state index contributed by atoms with van der Waals surface area (Å²) >= 11 is 6.02. The maximum atomic E-state index is 11.9. The molecule has 0 unspecified atom stereocenters. The Morgan fingerprint density at radius 2 is 2.22 bits per heavy atom. The molecule has 100 valence electrons. The van der Waals surface area contributed by atoms with E-state index in [0.29, 0.717) is 5.02 Å². The van der Waals surface area contributed by atoms with E-state index < -0.39 is 0 Å². The fraction of sp³-hybridized carbons (Fsp3) is 0.462. The zero-order valence-electron chi connectivity index (χ0n) is 10.3. The van der Waals surface area contributed by atoms with Crippen LogP contribution in [0.5, 0.6) is 0 Å². The van der Waals surface area contributed by atoms with Crippen LogP contribution in [0.3, 0.4) is 0 Å². The maximum absolute atomic E-state index is 11.9. The molecular weight excluding hydrogens is 271 g/mol. The van der Waals surface area contributed by atoms with Crippen molar-refractivity contribution >= 4 is 35.6 Å². The number of benzene rings is 1. The Morgan fingerprint density at radius 3 is 2.83 bits per heavy atom. The van der Waals surface area contributed by atoms with Gasteiger partial charge in [0.15, 0.2) is 0 Å². The van der Waals surface area contributed by atoms with E-state index in [0.717, 1.165) is 37.1 Å². The minimum absolute atomic E-state index is 0. The minimum Gasteiger partial charge on any atom is -0.325 e. The quantitative estimate of drug-likeness (QED) is 0.878. The standard InChI is InChI=1S/C13H17ClN2O.ClH/c1-9-5-6-10(8-11(9)14)16-13(17)12-4-2-3-7-15-12;/h5-6,8,12,15H,2-4,7H2,1H3,(H,16,17);1H/t12-;/m0./s1. The Labute approximate surface area is 119 Å². The number of amides is 1. The van der Waals surface area contributed by atoms with E-state index in [1.54, 1.807) is 6.07 Å². The van der Waals surface area contributed by atoms with Gasteiger partial charge in [-0.3, -0.25) is 4.79 Å². The molecule has 1 atom stereocenters. The van der Waals surface area contributed by atoms with E-state index in [2.05, 4.69) is 10.6 Å². The highest BCUT2D eigenvalue weighted by Gasteiger charge is 2.20. The second-order valence-electron chi connectivity index (χ2n) is 4.46. The van der Waals surface area contributed by atoms with Crippen LogP contribution in [-0.4, -0.2) is 18.5 Å². The number of anilines is 1. The SMILES string of the molecule is Cc1ccc(NC(=O)[C@@H]2CCCCN2)cc1Cl.Cl. The maximum Gasteiger partial charge on any atom is 0.241 e. The topological polar surface area (TPSA) is 41.1 Å². The smallest absolute Gasteiger partial charge is 0.241 e. The normalized spacial score (nSPS) is 18.9. The largest absolute Gasteiger partial charge is 0.325 e. The van der Waals surface area contributed by atoms with Crippen LogP contribution in [0, 0.1) is 6.92 Å². The van der Waals surface area contributed by atoms with Crippen LogP contribution in [0.1, 0.15) is 24.8 Å². The molecular formula is C13H18Cl2N2O. The molecule has 1 aromatic rings. The van der Waals surface area contributed by atoms with E-state index in [-0.39, 0.29) is 24.4 Å². The van der Waals surface area contributed by atoms with Gasteiger partial charge >= 0.3 is 0 Å². The first kappa shape index (κ1) is 15.3. The molecule has 5 heteroatoms. The fourth-order valence-corrected chi connectivity index (χ4v) is 2.16. The molecule has 0 radical (unpaired) electrons. The van der Waals surface area contributed by atoms with Crippen molar-refractivity contribution in [2.75, 3.05) is 11.9 Å². The van der Waals surface area contributed by atoms with Crippen molar-refractivity contribution in [3.63, 3.8) is 0 Å². The van der Waals surface area contributed by atoms with Gasteiger partial charge in [-0.1, -0.05) is 24.1 Å². The van der Waals surface area contributed by atoms with E-state index in [9.17, 15) is 4.79 Å². The van der Waals surface area contributed by atoms with Crippen LogP contribution in [0.15, 0.2) is 18.2 Å². The van der Waals surface area contributed by atoms with Crippen molar-refractivity contribution in [3.05, 3.63) is 28.8 Å². The van der Waals surface area contributed by atoms with Crippen LogP contribution in [0.25, 0.3) is 0 Å². The molecule has 2 rings (SSSR count). The van der Waals surface area contributed by atoms with Crippen LogP contribution in [-0.2, 0) is 4.79 Å². The van der Waals surface area contributed by atoms with Gasteiger partial charge in [0.1, 0.15) is 0 Å². The predicted molar refractivity (Wildman–Crippen MR) is 77.7 cm³/mol. The first-order valence-corrected chi connectivity index (χ1v) is 6.35. The molecule has 1 heterocycles. The monoisotopic (exact) mass is 288 g/mol. The lowest BCUT2D eigenvalue weighted by Crippen LogP contribution is -2.43. The molecule has 0 aromatic heterocycles. The second-order valence-corrected chi connectivity index (χ2v) is 4.86. The van der Waals surface area contributed by atoms with E-state index >= 15 is 0 Å². The molecule has 1 saturated heterocycles. The molecule has 1 aliphatic heterocycles. The van der Waals surface area contributed by atoms with Crippen molar-refractivity contribution in [2.24, 2.45) is 0 Å². The molecule has 0 bridgehead atoms. The Morgan fingerprint density at radius 1 is 1.44 bits per heavy atom. The molecule has 18 heavy (non-hydrogen) atoms. The van der Waals surface area contributed by atoms with Crippen molar-refractivity contribution in [3.8, 4) is 0 Å². The highest BCUT2D eigenvalue weighted by atomic mass is 35.5. The summed E-state index contributed by atoms with van der Waals surface area (Å²) in [5, 5.41) is 6.79. The third-order valence-corrected chi connectivity index (χ3v) is 3.47. The molecule has 1 fully saturated rings. The Balaban J connectivity index is 0.00000162. The van der Waals surface area contributed by atoms with Crippen molar-refractivity contribution in [1.29, 1.82) is 0 Å². The molecule has 2 N–H and O–H groups in total. The Kier molecular flexibility index (Phi) is 5.93. The fourth-order valence-electron chi connectivity index (χ4n) is 1.98. The van der Waals surface area contributed by atoms with Gasteiger partial charge < -0.3 is 10.6 Å². The summed E-state index contributed by atoms with van der Waals surface area (Å²) in [5.74, 6) is 0.0321. The first-order chi connectivity index (χ1) is 8.16. The number of nitrogens with one attached hydrogen (secondary N) is 2. The van der Waals surface area contributed by atoms with Gasteiger partial charge in [0.05, 0.1) is 6.04 Å². The number of carbonyl (C=O) groups excluding carboxylic acids is 1. The molecule has 1 aromatic carbocycles. The molecule has 0 aliphatic carbocycles. The minimum atomic E-state index is -0.0659. The van der Waals surface area contributed by atoms with Crippen molar-refractivity contribution in [1.82, 2.24) is 5.32 Å². The van der Waals surface area contributed by atoms with Gasteiger partial charge in [0, 0.05) is 10.7 Å². The van der Waals surface area contributed by atoms with Gasteiger partial charge in [-0.2, -0.15) is 0 Å². The van der Waals surface area contributed by atoms with Crippen molar-refractivity contribution < 1.29 is 4.79 Å². The summed E-state index contributed by atoms with van der Waals surface area (Å²) in [6.45, 7) is 2.86. The summed E-state index contributed by atoms with van der Waals surface area (Å²) in [6.07, 6.45) is 3.17. The van der Waals surface area contributed by atoms with E-state index in [4.69, 9.17) is 11.6 Å². The van der Waals surface area contributed by atoms with Crippen LogP contribution in [0.4, 0.5) is 5.69 Å². The lowest BCUT2D eigenvalue weighted by Gasteiger charge is -2.22. The number of hydrogen-bond donors (Lipinski definition) is 2. The summed E-state index contributed by atoms with van der Waals surface area (Å²) in [4.78, 5) is 11.9. The van der Waals surface area contributed by atoms with E-state index in [1.807, 2.05) is 19.1 Å². The predicted octanol–water partition coefficient (Wildman–Crippen LogP) is 3.15. The van der Waals surface area contributed by atoms with Gasteiger partial charge in [0.2, 0.25) is 5.91 Å². The number of rotatable bonds is 2. The average Bonchev–Trinajstić information content (AvgIpc) is 2.35. The summed E-state index contributed by atoms with van der Waals surface area (Å²) in [5.41, 5.74) is 1.78. The third-order valence-electron chi connectivity index (χ3n) is 3.07. The second kappa shape index (κ2) is 6.98. The number of aryl methyl sites for hydroxylation is 1. The zero-order valence-corrected chi connectivity index (χ0v) is 11.9. The van der Waals surface area contributed by atoms with Gasteiger partial charge in [-0.05, 0) is 44.0 Å². The molecule has 3 nitrogen and oxygen atoms in total. The highest BCUT2D eigenvalue weighted by Crippen LogP contribution is 2.20. The highest BCUT2D eigenvalue weighted by molar-refractivity contribution is 6.31. The van der Waals surface area contributed by atoms with Crippen LogP contribution < -0.4 is 10.6 Å². The lowest BCUT2D eigenvalue weighted by molar-refractivity contribution is -0.118. The van der Waals surface area contributed by atoms with Gasteiger partial charge in [-0.25, -0.2) is 0 Å². The number of carbonyl (C=O) groups is 1. The van der Waals surface area contributed by atoms with E-state index in [1.165, 1.54) is 0 Å². The summed E-state index contributed by atoms with van der Waals surface area (Å²) < 4.78 is 0. The van der Waals surface area contributed by atoms with Crippen LogP contribution >= 0.6 is 24.0 Å². The average molecular weight is 289 g/mol. The van der Waals surface area contributed by atoms with Crippen molar-refractivity contribution in [2.45, 2.75) is 32.2 Å². The third kappa shape index (κ3) is 3.87. The molecule has 1 aliphatic rings. The molecule has 0 spiro atoms. The first-order valence-electron chi connectivity index (χ1n) is 5.97. The van der Waals surface area contributed by atoms with Gasteiger partial charge in [-0.15, -0.1) is 12.4 Å². The molecule has 0 saturated carbocycles.